The first-order chi connectivity index (χ1) is 14.1. The Hall–Kier alpha value is -2.63. The van der Waals surface area contributed by atoms with E-state index in [1.165, 1.54) is 17.2 Å². The summed E-state index contributed by atoms with van der Waals surface area (Å²) in [5.41, 5.74) is 6.44. The van der Waals surface area contributed by atoms with Crippen molar-refractivity contribution in [3.63, 3.8) is 0 Å². The molecule has 0 bridgehead atoms. The van der Waals surface area contributed by atoms with Crippen LogP contribution in [0.25, 0.3) is 6.08 Å². The highest BCUT2D eigenvalue weighted by molar-refractivity contribution is 5.91. The molecule has 1 fully saturated rings. The number of anilines is 1. The van der Waals surface area contributed by atoms with Gasteiger partial charge in [0, 0.05) is 37.4 Å². The predicted molar refractivity (Wildman–Crippen MR) is 118 cm³/mol. The minimum Gasteiger partial charge on any atom is -0.371 e. The molecule has 0 aliphatic carbocycles. The van der Waals surface area contributed by atoms with Crippen LogP contribution < -0.4 is 15.7 Å². The topological polar surface area (TPSA) is 64.6 Å². The molecule has 3 N–H and O–H groups in total. The number of carbonyl (C=O) groups excluding carboxylic acids is 1. The van der Waals surface area contributed by atoms with Gasteiger partial charge in [-0.05, 0) is 47.6 Å². The van der Waals surface area contributed by atoms with Crippen molar-refractivity contribution >= 4 is 17.7 Å². The number of hydrogen-bond acceptors (Lipinski definition) is 4. The average molecular weight is 394 g/mol. The summed E-state index contributed by atoms with van der Waals surface area (Å²) in [7, 11) is 0. The lowest BCUT2D eigenvalue weighted by Gasteiger charge is -2.35. The van der Waals surface area contributed by atoms with E-state index in [2.05, 4.69) is 54.4 Å². The Morgan fingerprint density at radius 1 is 1.14 bits per heavy atom. The number of rotatable bonds is 7. The van der Waals surface area contributed by atoms with Gasteiger partial charge in [-0.3, -0.25) is 10.0 Å². The number of amides is 1. The standard InChI is InChI=1S/C24H31N3O2/c1-18(2)20-9-7-19(8-10-20)17-25-22-13-15-27(16-14-22)23-6-4-3-5-21(23)11-12-24(28)26-29/h3-12,18,22,25,29H,13-17H2,1-2H3,(H,26,28). The Morgan fingerprint density at radius 3 is 2.48 bits per heavy atom. The summed E-state index contributed by atoms with van der Waals surface area (Å²) in [6.45, 7) is 7.29. The Labute approximate surface area is 173 Å². The Balaban J connectivity index is 1.53. The number of piperidine rings is 1. The van der Waals surface area contributed by atoms with E-state index in [4.69, 9.17) is 5.21 Å². The number of nitrogens with one attached hydrogen (secondary N) is 2. The van der Waals surface area contributed by atoms with Crippen LogP contribution in [0.15, 0.2) is 54.6 Å². The van der Waals surface area contributed by atoms with Crippen LogP contribution >= 0.6 is 0 Å². The second kappa shape index (κ2) is 10.2. The van der Waals surface area contributed by atoms with Crippen molar-refractivity contribution in [2.75, 3.05) is 18.0 Å². The lowest BCUT2D eigenvalue weighted by atomic mass is 10.0. The Kier molecular flexibility index (Phi) is 7.44. The zero-order valence-corrected chi connectivity index (χ0v) is 17.3. The molecule has 0 atom stereocenters. The van der Waals surface area contributed by atoms with Gasteiger partial charge in [0.2, 0.25) is 0 Å². The van der Waals surface area contributed by atoms with Crippen LogP contribution in [0, 0.1) is 0 Å². The Bertz CT molecular complexity index is 822. The second-order valence-electron chi connectivity index (χ2n) is 7.91. The molecule has 154 valence electrons. The van der Waals surface area contributed by atoms with Gasteiger partial charge in [0.25, 0.3) is 5.91 Å². The maximum absolute atomic E-state index is 11.3. The van der Waals surface area contributed by atoms with E-state index < -0.39 is 5.91 Å². The molecule has 2 aromatic carbocycles. The Morgan fingerprint density at radius 2 is 1.83 bits per heavy atom. The van der Waals surface area contributed by atoms with Crippen LogP contribution in [0.4, 0.5) is 5.69 Å². The summed E-state index contributed by atoms with van der Waals surface area (Å²) in [4.78, 5) is 13.7. The van der Waals surface area contributed by atoms with Crippen molar-refractivity contribution in [1.29, 1.82) is 0 Å². The number of benzene rings is 2. The zero-order chi connectivity index (χ0) is 20.6. The van der Waals surface area contributed by atoms with Crippen LogP contribution in [-0.2, 0) is 11.3 Å². The lowest BCUT2D eigenvalue weighted by Crippen LogP contribution is -2.42. The molecule has 1 heterocycles. The molecule has 1 amide bonds. The van der Waals surface area contributed by atoms with E-state index in [1.807, 2.05) is 18.2 Å². The van der Waals surface area contributed by atoms with Crippen molar-refractivity contribution in [3.8, 4) is 0 Å². The molecule has 1 aliphatic heterocycles. The molecule has 2 aromatic rings. The number of carbonyl (C=O) groups is 1. The maximum atomic E-state index is 11.3. The van der Waals surface area contributed by atoms with Crippen LogP contribution in [0.3, 0.4) is 0 Å². The van der Waals surface area contributed by atoms with Crippen LogP contribution in [0.1, 0.15) is 49.3 Å². The molecule has 0 spiro atoms. The average Bonchev–Trinajstić information content (AvgIpc) is 2.77. The van der Waals surface area contributed by atoms with Crippen molar-refractivity contribution < 1.29 is 10.0 Å². The first-order valence-corrected chi connectivity index (χ1v) is 10.3. The van der Waals surface area contributed by atoms with E-state index in [9.17, 15) is 4.79 Å². The monoisotopic (exact) mass is 393 g/mol. The molecule has 1 aliphatic rings. The van der Waals surface area contributed by atoms with Gasteiger partial charge in [0.05, 0.1) is 0 Å². The molecule has 5 nitrogen and oxygen atoms in total. The summed E-state index contributed by atoms with van der Waals surface area (Å²) in [6, 6.07) is 17.5. The smallest absolute Gasteiger partial charge is 0.267 e. The van der Waals surface area contributed by atoms with Gasteiger partial charge >= 0.3 is 0 Å². The highest BCUT2D eigenvalue weighted by Crippen LogP contribution is 2.25. The molecule has 1 saturated heterocycles. The molecule has 29 heavy (non-hydrogen) atoms. The van der Waals surface area contributed by atoms with E-state index >= 15 is 0 Å². The maximum Gasteiger partial charge on any atom is 0.267 e. The quantitative estimate of drug-likeness (QED) is 0.377. The van der Waals surface area contributed by atoms with E-state index in [1.54, 1.807) is 11.6 Å². The third-order valence-corrected chi connectivity index (χ3v) is 5.54. The molecule has 0 unspecified atom stereocenters. The molecule has 0 aromatic heterocycles. The highest BCUT2D eigenvalue weighted by Gasteiger charge is 2.20. The normalized spacial score (nSPS) is 15.2. The van der Waals surface area contributed by atoms with Crippen molar-refractivity contribution in [2.24, 2.45) is 0 Å². The van der Waals surface area contributed by atoms with Gasteiger partial charge in [0.1, 0.15) is 0 Å². The summed E-state index contributed by atoms with van der Waals surface area (Å²) >= 11 is 0. The molecule has 0 radical (unpaired) electrons. The van der Waals surface area contributed by atoms with E-state index in [-0.39, 0.29) is 0 Å². The first-order valence-electron chi connectivity index (χ1n) is 10.3. The summed E-state index contributed by atoms with van der Waals surface area (Å²) in [5, 5.41) is 12.4. The molecular formula is C24H31N3O2. The van der Waals surface area contributed by atoms with Gasteiger partial charge in [-0.1, -0.05) is 56.3 Å². The van der Waals surface area contributed by atoms with Gasteiger partial charge in [-0.15, -0.1) is 0 Å². The predicted octanol–water partition coefficient (Wildman–Crippen LogP) is 4.09. The zero-order valence-electron chi connectivity index (χ0n) is 17.3. The van der Waals surface area contributed by atoms with Crippen LogP contribution in [-0.4, -0.2) is 30.2 Å². The highest BCUT2D eigenvalue weighted by atomic mass is 16.5. The van der Waals surface area contributed by atoms with E-state index in [0.717, 1.165) is 43.7 Å². The molecule has 3 rings (SSSR count). The fourth-order valence-electron chi connectivity index (χ4n) is 3.73. The van der Waals surface area contributed by atoms with Crippen molar-refractivity contribution in [2.45, 2.75) is 45.2 Å². The largest absolute Gasteiger partial charge is 0.371 e. The van der Waals surface area contributed by atoms with Gasteiger partial charge in [0.15, 0.2) is 0 Å². The fraction of sp³-hybridized carbons (Fsp3) is 0.375. The minimum atomic E-state index is -0.524. The SMILES string of the molecule is CC(C)c1ccc(CNC2CCN(c3ccccc3C=CC(=O)NO)CC2)cc1. The van der Waals surface area contributed by atoms with Crippen LogP contribution in [0.2, 0.25) is 0 Å². The summed E-state index contributed by atoms with van der Waals surface area (Å²) in [5.74, 6) is 0.0428. The van der Waals surface area contributed by atoms with Crippen molar-refractivity contribution in [1.82, 2.24) is 10.8 Å². The second-order valence-corrected chi connectivity index (χ2v) is 7.91. The van der Waals surface area contributed by atoms with Crippen LogP contribution in [0.5, 0.6) is 0 Å². The number of nitrogens with zero attached hydrogens (tertiary/aromatic N) is 1. The summed E-state index contributed by atoms with van der Waals surface area (Å²) in [6.07, 6.45) is 5.25. The fourth-order valence-corrected chi connectivity index (χ4v) is 3.73. The van der Waals surface area contributed by atoms with Gasteiger partial charge < -0.3 is 10.2 Å². The molecule has 5 heteroatoms. The third kappa shape index (κ3) is 5.92. The number of para-hydroxylation sites is 1. The number of hydroxylamine groups is 1. The number of hydrogen-bond donors (Lipinski definition) is 3. The van der Waals surface area contributed by atoms with Gasteiger partial charge in [-0.25, -0.2) is 5.48 Å². The first kappa shape index (κ1) is 21.1. The third-order valence-electron chi connectivity index (χ3n) is 5.54. The summed E-state index contributed by atoms with van der Waals surface area (Å²) < 4.78 is 0. The van der Waals surface area contributed by atoms with Gasteiger partial charge in [-0.2, -0.15) is 0 Å². The molecule has 0 saturated carbocycles. The van der Waals surface area contributed by atoms with Crippen molar-refractivity contribution in [3.05, 3.63) is 71.3 Å². The minimum absolute atomic E-state index is 0.513. The molecular weight excluding hydrogens is 362 g/mol. The lowest BCUT2D eigenvalue weighted by molar-refractivity contribution is -0.124. The van der Waals surface area contributed by atoms with E-state index in [0.29, 0.717) is 12.0 Å².